The van der Waals surface area contributed by atoms with Crippen molar-refractivity contribution >= 4 is 17.6 Å². The van der Waals surface area contributed by atoms with Crippen molar-refractivity contribution in [3.63, 3.8) is 0 Å². The van der Waals surface area contributed by atoms with Gasteiger partial charge >= 0.3 is 0 Å². The minimum absolute atomic E-state index is 0.0772. The molecule has 0 spiro atoms. The maximum absolute atomic E-state index is 14.2. The first-order chi connectivity index (χ1) is 18.1. The zero-order chi connectivity index (χ0) is 27.2. The van der Waals surface area contributed by atoms with Crippen molar-refractivity contribution in [1.82, 2.24) is 15.4 Å². The lowest BCUT2D eigenvalue weighted by Crippen LogP contribution is -2.48. The number of amidine groups is 1. The van der Waals surface area contributed by atoms with Crippen LogP contribution < -0.4 is 5.32 Å². The van der Waals surface area contributed by atoms with Gasteiger partial charge in [0.2, 0.25) is 5.91 Å². The number of aliphatic hydroxyl groups excluding tert-OH is 1. The highest BCUT2D eigenvalue weighted by molar-refractivity contribution is 6.11. The number of carbonyl (C=O) groups is 2. The molecule has 38 heavy (non-hydrogen) atoms. The molecule has 2 aliphatic rings. The Hall–Kier alpha value is -3.85. The zero-order valence-electron chi connectivity index (χ0n) is 21.8. The van der Waals surface area contributed by atoms with E-state index in [1.165, 1.54) is 6.07 Å². The first-order valence-corrected chi connectivity index (χ1v) is 12.8. The largest absolute Gasteiger partial charge is 0.391 e. The number of β-amino-alcohol motifs (C(OH)–C–C–N with tert-alkyl or cyclic N) is 1. The Kier molecular flexibility index (Phi) is 6.65. The summed E-state index contributed by atoms with van der Waals surface area (Å²) in [5.41, 5.74) is 1.25. The fraction of sp³-hybridized carbons (Fsp3) is 0.379. The number of aryl methyl sites for hydroxylation is 1. The van der Waals surface area contributed by atoms with Crippen molar-refractivity contribution in [2.45, 2.75) is 57.7 Å². The second-order valence-corrected chi connectivity index (χ2v) is 10.6. The second kappa shape index (κ2) is 9.79. The van der Waals surface area contributed by atoms with E-state index in [4.69, 9.17) is 9.52 Å². The lowest BCUT2D eigenvalue weighted by Gasteiger charge is -2.29. The number of halogens is 1. The normalized spacial score (nSPS) is 24.0. The number of nitrogens with zero attached hydrogens (tertiary/aromatic N) is 3. The predicted octanol–water partition coefficient (Wildman–Crippen LogP) is 3.93. The van der Waals surface area contributed by atoms with Gasteiger partial charge < -0.3 is 19.8 Å². The summed E-state index contributed by atoms with van der Waals surface area (Å²) in [5, 5.41) is 17.3. The van der Waals surface area contributed by atoms with Crippen LogP contribution in [0.1, 0.15) is 50.1 Å². The van der Waals surface area contributed by atoms with Crippen LogP contribution in [-0.2, 0) is 15.1 Å². The average Bonchev–Trinajstić information content (AvgIpc) is 3.57. The van der Waals surface area contributed by atoms with Crippen molar-refractivity contribution in [3.8, 4) is 11.1 Å². The summed E-state index contributed by atoms with van der Waals surface area (Å²) in [6.45, 7) is 7.49. The minimum Gasteiger partial charge on any atom is -0.391 e. The quantitative estimate of drug-likeness (QED) is 0.514. The van der Waals surface area contributed by atoms with E-state index in [2.05, 4.69) is 10.5 Å². The summed E-state index contributed by atoms with van der Waals surface area (Å²) < 4.78 is 19.7. The molecule has 4 atom stereocenters. The van der Waals surface area contributed by atoms with E-state index in [1.54, 1.807) is 67.3 Å². The van der Waals surface area contributed by atoms with Gasteiger partial charge in [-0.05, 0) is 37.0 Å². The molecule has 2 N–H and O–H groups in total. The van der Waals surface area contributed by atoms with E-state index in [0.717, 1.165) is 0 Å². The van der Waals surface area contributed by atoms with Crippen LogP contribution in [0.5, 0.6) is 0 Å². The topological polar surface area (TPSA) is 108 Å². The summed E-state index contributed by atoms with van der Waals surface area (Å²) in [6.07, 6.45) is -0.493. The van der Waals surface area contributed by atoms with Gasteiger partial charge in [-0.15, -0.1) is 0 Å². The maximum atomic E-state index is 14.2. The highest BCUT2D eigenvalue weighted by Crippen LogP contribution is 2.36. The number of likely N-dealkylation sites (tertiary alicyclic amines) is 1. The Labute approximate surface area is 220 Å². The molecule has 3 heterocycles. The Morgan fingerprint density at radius 1 is 1.21 bits per heavy atom. The molecule has 1 saturated heterocycles. The van der Waals surface area contributed by atoms with Crippen LogP contribution >= 0.6 is 0 Å². The number of nitrogens with one attached hydrogen (secondary N) is 1. The van der Waals surface area contributed by atoms with Gasteiger partial charge in [0.25, 0.3) is 5.91 Å². The summed E-state index contributed by atoms with van der Waals surface area (Å²) in [7, 11) is 0. The third-order valence-corrected chi connectivity index (χ3v) is 7.42. The number of rotatable bonds is 6. The van der Waals surface area contributed by atoms with Crippen LogP contribution in [0.4, 0.5) is 4.39 Å². The molecular formula is C29H31FN4O4. The van der Waals surface area contributed by atoms with E-state index >= 15 is 0 Å². The molecular weight excluding hydrogens is 487 g/mol. The average molecular weight is 519 g/mol. The highest BCUT2D eigenvalue weighted by atomic mass is 19.1. The van der Waals surface area contributed by atoms with Crippen LogP contribution in [-0.4, -0.2) is 51.5 Å². The summed E-state index contributed by atoms with van der Waals surface area (Å²) in [5.74, 6) is -0.707. The number of hydrogen-bond acceptors (Lipinski definition) is 6. The molecule has 0 aliphatic carbocycles. The van der Waals surface area contributed by atoms with E-state index in [1.807, 2.05) is 13.8 Å². The molecule has 2 aromatic carbocycles. The monoisotopic (exact) mass is 518 g/mol. The summed E-state index contributed by atoms with van der Waals surface area (Å²) >= 11 is 0. The van der Waals surface area contributed by atoms with Gasteiger partial charge in [-0.2, -0.15) is 0 Å². The summed E-state index contributed by atoms with van der Waals surface area (Å²) in [4.78, 5) is 33.3. The number of amides is 2. The van der Waals surface area contributed by atoms with Crippen molar-refractivity contribution < 1.29 is 23.6 Å². The van der Waals surface area contributed by atoms with E-state index in [-0.39, 0.29) is 36.5 Å². The van der Waals surface area contributed by atoms with Gasteiger partial charge in [-0.1, -0.05) is 61.5 Å². The van der Waals surface area contributed by atoms with E-state index in [0.29, 0.717) is 34.0 Å². The Morgan fingerprint density at radius 2 is 1.92 bits per heavy atom. The predicted molar refractivity (Wildman–Crippen MR) is 140 cm³/mol. The molecule has 8 nitrogen and oxygen atoms in total. The zero-order valence-corrected chi connectivity index (χ0v) is 21.8. The number of aliphatic imine (C=N–C) groups is 1. The Morgan fingerprint density at radius 3 is 2.55 bits per heavy atom. The number of aromatic nitrogens is 1. The van der Waals surface area contributed by atoms with Gasteiger partial charge in [0.1, 0.15) is 23.3 Å². The molecule has 0 radical (unpaired) electrons. The minimum atomic E-state index is -1.23. The Bertz CT molecular complexity index is 1400. The smallest absolute Gasteiger partial charge is 0.257 e. The standard InChI is InChI=1S/C29H31FN4O4/c1-16(2)25(24-13-17(3)33-38-24)27(36)34-15-20(35)14-23(34)26-31-28(37)29(4,32-26)19-11-9-18(10-12-19)21-7-5-6-8-22(21)30/h5-13,16,20,23,25,35H,14-15H2,1-4H3,(H,31,32,37)/t20-,23+,25?,29?/m1/s1. The number of hydrogen-bond donors (Lipinski definition) is 2. The number of carbonyl (C=O) groups excluding carboxylic acids is 2. The summed E-state index contributed by atoms with van der Waals surface area (Å²) in [6, 6.07) is 14.7. The van der Waals surface area contributed by atoms with Gasteiger partial charge in [-0.3, -0.25) is 9.59 Å². The van der Waals surface area contributed by atoms with Crippen molar-refractivity contribution in [3.05, 3.63) is 77.4 Å². The fourth-order valence-electron chi connectivity index (χ4n) is 5.34. The molecule has 0 bridgehead atoms. The molecule has 9 heteroatoms. The van der Waals surface area contributed by atoms with E-state index < -0.39 is 23.6 Å². The highest BCUT2D eigenvalue weighted by Gasteiger charge is 2.48. The number of aliphatic hydroxyl groups is 1. The lowest BCUT2D eigenvalue weighted by atomic mass is 9.91. The second-order valence-electron chi connectivity index (χ2n) is 10.6. The SMILES string of the molecule is Cc1cc(C(C(=O)N2C[C@H](O)C[C@H]2C2=NC(C)(c3ccc(-c4ccccc4F)cc3)C(=O)N2)C(C)C)on1. The molecule has 2 amide bonds. The molecule has 1 aromatic heterocycles. The van der Waals surface area contributed by atoms with Crippen LogP contribution in [0.15, 0.2) is 64.1 Å². The third kappa shape index (κ3) is 4.51. The van der Waals surface area contributed by atoms with Crippen LogP contribution in [0.2, 0.25) is 0 Å². The van der Waals surface area contributed by atoms with Crippen molar-refractivity contribution in [2.75, 3.05) is 6.54 Å². The Balaban J connectivity index is 1.43. The molecule has 0 saturated carbocycles. The molecule has 5 rings (SSSR count). The molecule has 198 valence electrons. The first-order valence-electron chi connectivity index (χ1n) is 12.8. The molecule has 3 aromatic rings. The van der Waals surface area contributed by atoms with Gasteiger partial charge in [0.05, 0.1) is 17.8 Å². The lowest BCUT2D eigenvalue weighted by molar-refractivity contribution is -0.134. The molecule has 1 fully saturated rings. The van der Waals surface area contributed by atoms with Gasteiger partial charge in [0.15, 0.2) is 5.54 Å². The van der Waals surface area contributed by atoms with Gasteiger partial charge in [-0.25, -0.2) is 9.38 Å². The van der Waals surface area contributed by atoms with Crippen LogP contribution in [0.3, 0.4) is 0 Å². The first kappa shape index (κ1) is 25.8. The van der Waals surface area contributed by atoms with E-state index in [9.17, 15) is 19.1 Å². The van der Waals surface area contributed by atoms with Crippen molar-refractivity contribution in [1.29, 1.82) is 0 Å². The van der Waals surface area contributed by atoms with Crippen LogP contribution in [0, 0.1) is 18.7 Å². The number of benzene rings is 2. The molecule has 2 aliphatic heterocycles. The maximum Gasteiger partial charge on any atom is 0.257 e. The van der Waals surface area contributed by atoms with Crippen molar-refractivity contribution in [2.24, 2.45) is 10.9 Å². The molecule has 2 unspecified atom stereocenters. The van der Waals surface area contributed by atoms with Crippen LogP contribution in [0.25, 0.3) is 11.1 Å². The van der Waals surface area contributed by atoms with Gasteiger partial charge in [0, 0.05) is 24.6 Å². The third-order valence-electron chi connectivity index (χ3n) is 7.42. The fourth-order valence-corrected chi connectivity index (χ4v) is 5.34.